The second-order valence-corrected chi connectivity index (χ2v) is 5.31. The lowest BCUT2D eigenvalue weighted by Gasteiger charge is -2.07. The first-order valence-corrected chi connectivity index (χ1v) is 6.06. The van der Waals surface area contributed by atoms with Gasteiger partial charge in [0.2, 0.25) is 0 Å². The normalized spacial score (nSPS) is 11.5. The van der Waals surface area contributed by atoms with E-state index in [0.717, 1.165) is 17.1 Å². The zero-order chi connectivity index (χ0) is 10.8. The van der Waals surface area contributed by atoms with Crippen LogP contribution in [0, 0.1) is 6.92 Å². The minimum atomic E-state index is 0.531. The average molecular weight is 220 g/mol. The van der Waals surface area contributed by atoms with Gasteiger partial charge in [0.1, 0.15) is 0 Å². The number of thiazole rings is 1. The van der Waals surface area contributed by atoms with Crippen molar-refractivity contribution in [3.8, 4) is 0 Å². The predicted molar refractivity (Wildman–Crippen MR) is 66.3 cm³/mol. The van der Waals surface area contributed by atoms with E-state index < -0.39 is 0 Å². The van der Waals surface area contributed by atoms with Gasteiger partial charge in [-0.3, -0.25) is 0 Å². The molecule has 80 valence electrons. The lowest BCUT2D eigenvalue weighted by atomic mass is 10.2. The number of aryl methyl sites for hydroxylation is 1. The van der Waals surface area contributed by atoms with Gasteiger partial charge in [-0.25, -0.2) is 4.98 Å². The van der Waals surface area contributed by atoms with Crippen molar-refractivity contribution in [2.24, 2.45) is 0 Å². The van der Waals surface area contributed by atoms with Gasteiger partial charge in [-0.2, -0.15) is 0 Å². The molecule has 0 amide bonds. The first-order chi connectivity index (χ1) is 7.15. The Labute approximate surface area is 94.3 Å². The van der Waals surface area contributed by atoms with Crippen molar-refractivity contribution in [1.29, 1.82) is 0 Å². The lowest BCUT2D eigenvalue weighted by molar-refractivity contribution is 0.589. The molecule has 0 fully saturated rings. The smallest absolute Gasteiger partial charge is 0.0907 e. The minimum Gasteiger partial charge on any atom is -0.310 e. The number of nitrogens with zero attached hydrogens (tertiary/aromatic N) is 1. The highest BCUT2D eigenvalue weighted by atomic mass is 32.1. The Hall–Kier alpha value is -0.930. The van der Waals surface area contributed by atoms with Crippen LogP contribution in [0.4, 0.5) is 0 Å². The Morgan fingerprint density at radius 3 is 2.93 bits per heavy atom. The summed E-state index contributed by atoms with van der Waals surface area (Å²) in [5.41, 5.74) is 2.45. The minimum absolute atomic E-state index is 0.531. The third-order valence-electron chi connectivity index (χ3n) is 2.27. The van der Waals surface area contributed by atoms with Crippen LogP contribution in [-0.4, -0.2) is 11.0 Å². The second-order valence-electron chi connectivity index (χ2n) is 4.07. The fourth-order valence-electron chi connectivity index (χ4n) is 1.52. The van der Waals surface area contributed by atoms with Gasteiger partial charge in [0.05, 0.1) is 15.2 Å². The summed E-state index contributed by atoms with van der Waals surface area (Å²) < 4.78 is 1.29. The summed E-state index contributed by atoms with van der Waals surface area (Å²) in [4.78, 5) is 4.45. The molecule has 0 saturated heterocycles. The highest BCUT2D eigenvalue weighted by Gasteiger charge is 2.01. The summed E-state index contributed by atoms with van der Waals surface area (Å²) in [7, 11) is 0. The topological polar surface area (TPSA) is 24.9 Å². The van der Waals surface area contributed by atoms with E-state index in [2.05, 4.69) is 49.3 Å². The maximum absolute atomic E-state index is 4.45. The van der Waals surface area contributed by atoms with Crippen molar-refractivity contribution in [3.63, 3.8) is 0 Å². The summed E-state index contributed by atoms with van der Waals surface area (Å²) in [5.74, 6) is 0. The summed E-state index contributed by atoms with van der Waals surface area (Å²) in [6.07, 6.45) is 0. The van der Waals surface area contributed by atoms with Gasteiger partial charge >= 0.3 is 0 Å². The SMILES string of the molecule is Cc1nc2ccc(CNC(C)C)cc2s1. The maximum Gasteiger partial charge on any atom is 0.0907 e. The zero-order valence-electron chi connectivity index (χ0n) is 9.37. The second kappa shape index (κ2) is 4.29. The molecule has 0 atom stereocenters. The molecule has 0 saturated carbocycles. The van der Waals surface area contributed by atoms with Crippen LogP contribution in [0.25, 0.3) is 10.2 Å². The molecular weight excluding hydrogens is 204 g/mol. The number of aromatic nitrogens is 1. The van der Waals surface area contributed by atoms with Crippen LogP contribution >= 0.6 is 11.3 Å². The van der Waals surface area contributed by atoms with Gasteiger partial charge in [0, 0.05) is 12.6 Å². The third kappa shape index (κ3) is 2.55. The van der Waals surface area contributed by atoms with Crippen molar-refractivity contribution < 1.29 is 0 Å². The Morgan fingerprint density at radius 1 is 1.40 bits per heavy atom. The molecule has 2 nitrogen and oxygen atoms in total. The number of fused-ring (bicyclic) bond motifs is 1. The van der Waals surface area contributed by atoms with E-state index in [-0.39, 0.29) is 0 Å². The molecule has 1 aromatic heterocycles. The van der Waals surface area contributed by atoms with Crippen molar-refractivity contribution in [2.75, 3.05) is 0 Å². The largest absolute Gasteiger partial charge is 0.310 e. The van der Waals surface area contributed by atoms with Crippen LogP contribution in [-0.2, 0) is 6.54 Å². The van der Waals surface area contributed by atoms with E-state index in [1.165, 1.54) is 10.3 Å². The first-order valence-electron chi connectivity index (χ1n) is 5.24. The molecule has 1 N–H and O–H groups in total. The number of benzene rings is 1. The average Bonchev–Trinajstić information content (AvgIpc) is 2.53. The van der Waals surface area contributed by atoms with Gasteiger partial charge in [-0.15, -0.1) is 11.3 Å². The number of hydrogen-bond acceptors (Lipinski definition) is 3. The highest BCUT2D eigenvalue weighted by Crippen LogP contribution is 2.22. The van der Waals surface area contributed by atoms with E-state index in [0.29, 0.717) is 6.04 Å². The molecule has 3 heteroatoms. The third-order valence-corrected chi connectivity index (χ3v) is 3.21. The maximum atomic E-state index is 4.45. The summed E-state index contributed by atoms with van der Waals surface area (Å²) in [6, 6.07) is 7.02. The van der Waals surface area contributed by atoms with Crippen LogP contribution in [0.15, 0.2) is 18.2 Å². The lowest BCUT2D eigenvalue weighted by Crippen LogP contribution is -2.21. The molecule has 0 spiro atoms. The molecule has 2 aromatic rings. The molecule has 1 heterocycles. The van der Waals surface area contributed by atoms with E-state index in [1.54, 1.807) is 11.3 Å². The number of hydrogen-bond donors (Lipinski definition) is 1. The van der Waals surface area contributed by atoms with Crippen molar-refractivity contribution >= 4 is 21.6 Å². The molecule has 2 rings (SSSR count). The molecule has 15 heavy (non-hydrogen) atoms. The summed E-state index contributed by atoms with van der Waals surface area (Å²) in [5, 5.41) is 4.56. The Balaban J connectivity index is 2.22. The van der Waals surface area contributed by atoms with Crippen LogP contribution in [0.5, 0.6) is 0 Å². The Kier molecular flexibility index (Phi) is 3.03. The van der Waals surface area contributed by atoms with Gasteiger partial charge < -0.3 is 5.32 Å². The fourth-order valence-corrected chi connectivity index (χ4v) is 2.41. The molecule has 1 aromatic carbocycles. The highest BCUT2D eigenvalue weighted by molar-refractivity contribution is 7.18. The molecule has 0 unspecified atom stereocenters. The first kappa shape index (κ1) is 10.6. The summed E-state index contributed by atoms with van der Waals surface area (Å²) in [6.45, 7) is 7.31. The Bertz CT molecular complexity index is 460. The van der Waals surface area contributed by atoms with Gasteiger partial charge in [0.25, 0.3) is 0 Å². The quantitative estimate of drug-likeness (QED) is 0.859. The standard InChI is InChI=1S/C12H16N2S/c1-8(2)13-7-10-4-5-11-12(6-10)15-9(3)14-11/h4-6,8,13H,7H2,1-3H3. The Morgan fingerprint density at radius 2 is 2.20 bits per heavy atom. The molecule has 0 radical (unpaired) electrons. The fraction of sp³-hybridized carbons (Fsp3) is 0.417. The van der Waals surface area contributed by atoms with E-state index in [1.807, 2.05) is 0 Å². The van der Waals surface area contributed by atoms with Gasteiger partial charge in [0.15, 0.2) is 0 Å². The van der Waals surface area contributed by atoms with E-state index in [4.69, 9.17) is 0 Å². The molecule has 0 bridgehead atoms. The number of rotatable bonds is 3. The van der Waals surface area contributed by atoms with Gasteiger partial charge in [-0.1, -0.05) is 19.9 Å². The molecule has 0 aliphatic rings. The molecular formula is C12H16N2S. The summed E-state index contributed by atoms with van der Waals surface area (Å²) >= 11 is 1.76. The van der Waals surface area contributed by atoms with Crippen LogP contribution in [0.3, 0.4) is 0 Å². The predicted octanol–water partition coefficient (Wildman–Crippen LogP) is 3.10. The molecule has 0 aliphatic heterocycles. The van der Waals surface area contributed by atoms with Crippen LogP contribution in [0.1, 0.15) is 24.4 Å². The van der Waals surface area contributed by atoms with E-state index >= 15 is 0 Å². The van der Waals surface area contributed by atoms with E-state index in [9.17, 15) is 0 Å². The van der Waals surface area contributed by atoms with Crippen molar-refractivity contribution in [2.45, 2.75) is 33.4 Å². The monoisotopic (exact) mass is 220 g/mol. The van der Waals surface area contributed by atoms with Gasteiger partial charge in [-0.05, 0) is 24.6 Å². The van der Waals surface area contributed by atoms with Crippen LogP contribution in [0.2, 0.25) is 0 Å². The van der Waals surface area contributed by atoms with Crippen molar-refractivity contribution in [1.82, 2.24) is 10.3 Å². The number of nitrogens with one attached hydrogen (secondary N) is 1. The zero-order valence-corrected chi connectivity index (χ0v) is 10.2. The van der Waals surface area contributed by atoms with Crippen molar-refractivity contribution in [3.05, 3.63) is 28.8 Å². The van der Waals surface area contributed by atoms with Crippen LogP contribution < -0.4 is 5.32 Å². The molecule has 0 aliphatic carbocycles.